The largest absolute Gasteiger partial charge is 0.476 e. The molecular formula is C11H19N3O2S. The molecule has 0 radical (unpaired) electrons. The fraction of sp³-hybridized carbons (Fsp3) is 0.727. The molecule has 1 aromatic rings. The fourth-order valence-electron chi connectivity index (χ4n) is 1.62. The van der Waals surface area contributed by atoms with E-state index >= 15 is 0 Å². The Bertz CT molecular complexity index is 366. The number of hydrogen-bond donors (Lipinski definition) is 1. The summed E-state index contributed by atoms with van der Waals surface area (Å²) >= 11 is 1.88. The van der Waals surface area contributed by atoms with E-state index in [2.05, 4.69) is 17.2 Å². The van der Waals surface area contributed by atoms with Crippen molar-refractivity contribution in [1.29, 1.82) is 0 Å². The van der Waals surface area contributed by atoms with Crippen LogP contribution < -0.4 is 0 Å². The number of aromatic nitrogens is 3. The maximum atomic E-state index is 11.0. The number of rotatable bonds is 8. The van der Waals surface area contributed by atoms with E-state index in [0.29, 0.717) is 0 Å². The van der Waals surface area contributed by atoms with Gasteiger partial charge in [0.05, 0.1) is 5.69 Å². The second-order valence-electron chi connectivity index (χ2n) is 3.71. The average Bonchev–Trinajstić information content (AvgIpc) is 2.69. The first kappa shape index (κ1) is 14.0. The van der Waals surface area contributed by atoms with Crippen LogP contribution in [0.4, 0.5) is 0 Å². The van der Waals surface area contributed by atoms with E-state index in [9.17, 15) is 4.79 Å². The van der Waals surface area contributed by atoms with Gasteiger partial charge in [0.1, 0.15) is 0 Å². The summed E-state index contributed by atoms with van der Waals surface area (Å²) in [6.07, 6.45) is 2.62. The first-order valence-corrected chi connectivity index (χ1v) is 7.09. The van der Waals surface area contributed by atoms with Crippen LogP contribution in [-0.2, 0) is 13.0 Å². The van der Waals surface area contributed by atoms with Crippen molar-refractivity contribution in [1.82, 2.24) is 15.0 Å². The van der Waals surface area contributed by atoms with E-state index in [4.69, 9.17) is 5.11 Å². The van der Waals surface area contributed by atoms with Crippen LogP contribution in [0.5, 0.6) is 0 Å². The molecule has 5 nitrogen and oxygen atoms in total. The summed E-state index contributed by atoms with van der Waals surface area (Å²) in [5.74, 6) is 1.20. The predicted octanol–water partition coefficient (Wildman–Crippen LogP) is 2.07. The van der Waals surface area contributed by atoms with Gasteiger partial charge >= 0.3 is 5.97 Å². The van der Waals surface area contributed by atoms with Gasteiger partial charge in [0.15, 0.2) is 5.69 Å². The Kier molecular flexibility index (Phi) is 6.04. The van der Waals surface area contributed by atoms with Crippen molar-refractivity contribution >= 4 is 17.7 Å². The van der Waals surface area contributed by atoms with Crippen LogP contribution in [0.25, 0.3) is 0 Å². The van der Waals surface area contributed by atoms with Crippen molar-refractivity contribution < 1.29 is 9.90 Å². The molecule has 0 atom stereocenters. The number of thioether (sulfide) groups is 1. The molecule has 0 amide bonds. The maximum Gasteiger partial charge on any atom is 0.358 e. The van der Waals surface area contributed by atoms with Crippen molar-refractivity contribution in [3.63, 3.8) is 0 Å². The Morgan fingerprint density at radius 3 is 2.82 bits per heavy atom. The van der Waals surface area contributed by atoms with Gasteiger partial charge in [-0.15, -0.1) is 5.10 Å². The predicted molar refractivity (Wildman–Crippen MR) is 68.6 cm³/mol. The molecular weight excluding hydrogens is 238 g/mol. The second-order valence-corrected chi connectivity index (χ2v) is 5.11. The molecule has 1 N–H and O–H groups in total. The van der Waals surface area contributed by atoms with Crippen molar-refractivity contribution in [2.75, 3.05) is 11.5 Å². The number of hydrogen-bond acceptors (Lipinski definition) is 4. The average molecular weight is 257 g/mol. The van der Waals surface area contributed by atoms with E-state index in [1.165, 1.54) is 0 Å². The summed E-state index contributed by atoms with van der Waals surface area (Å²) in [7, 11) is 0. The molecule has 0 aliphatic heterocycles. The normalized spacial score (nSPS) is 10.7. The van der Waals surface area contributed by atoms with E-state index in [1.54, 1.807) is 4.68 Å². The highest BCUT2D eigenvalue weighted by Crippen LogP contribution is 2.10. The second kappa shape index (κ2) is 7.32. The number of carboxylic acid groups (broad SMARTS) is 1. The van der Waals surface area contributed by atoms with Crippen molar-refractivity contribution in [2.45, 2.75) is 39.7 Å². The molecule has 0 aliphatic rings. The zero-order valence-electron chi connectivity index (χ0n) is 10.3. The van der Waals surface area contributed by atoms with Crippen molar-refractivity contribution in [3.05, 3.63) is 11.4 Å². The summed E-state index contributed by atoms with van der Waals surface area (Å²) in [6, 6.07) is 0. The van der Waals surface area contributed by atoms with Gasteiger partial charge in [-0.05, 0) is 24.3 Å². The molecule has 1 aromatic heterocycles. The van der Waals surface area contributed by atoms with Crippen LogP contribution in [0.1, 0.15) is 42.9 Å². The molecule has 96 valence electrons. The van der Waals surface area contributed by atoms with Gasteiger partial charge in [0.25, 0.3) is 0 Å². The molecule has 17 heavy (non-hydrogen) atoms. The van der Waals surface area contributed by atoms with E-state index in [1.807, 2.05) is 18.7 Å². The summed E-state index contributed by atoms with van der Waals surface area (Å²) in [5.41, 5.74) is 0.858. The highest BCUT2D eigenvalue weighted by Gasteiger charge is 2.17. The van der Waals surface area contributed by atoms with Gasteiger partial charge in [0.2, 0.25) is 0 Å². The van der Waals surface area contributed by atoms with Gasteiger partial charge in [-0.25, -0.2) is 9.48 Å². The summed E-state index contributed by atoms with van der Waals surface area (Å²) in [4.78, 5) is 11.0. The third-order valence-electron chi connectivity index (χ3n) is 2.39. The van der Waals surface area contributed by atoms with Gasteiger partial charge in [0, 0.05) is 6.54 Å². The molecule has 0 saturated heterocycles. The lowest BCUT2D eigenvalue weighted by atomic mass is 10.2. The topological polar surface area (TPSA) is 68.0 Å². The van der Waals surface area contributed by atoms with Crippen LogP contribution in [0, 0.1) is 0 Å². The minimum Gasteiger partial charge on any atom is -0.476 e. The smallest absolute Gasteiger partial charge is 0.358 e. The maximum absolute atomic E-state index is 11.0. The van der Waals surface area contributed by atoms with E-state index < -0.39 is 5.97 Å². The molecule has 0 spiro atoms. The number of carbonyl (C=O) groups is 1. The first-order chi connectivity index (χ1) is 8.20. The number of aryl methyl sites for hydroxylation is 1. The van der Waals surface area contributed by atoms with Gasteiger partial charge < -0.3 is 5.11 Å². The van der Waals surface area contributed by atoms with Crippen LogP contribution in [-0.4, -0.2) is 37.6 Å². The molecule has 6 heteroatoms. The van der Waals surface area contributed by atoms with Crippen molar-refractivity contribution in [3.8, 4) is 0 Å². The lowest BCUT2D eigenvalue weighted by molar-refractivity contribution is 0.0689. The Morgan fingerprint density at radius 1 is 1.47 bits per heavy atom. The van der Waals surface area contributed by atoms with Crippen LogP contribution >= 0.6 is 11.8 Å². The fourth-order valence-corrected chi connectivity index (χ4v) is 2.25. The molecule has 0 bridgehead atoms. The molecule has 1 heterocycles. The van der Waals surface area contributed by atoms with Crippen LogP contribution in [0.15, 0.2) is 0 Å². The highest BCUT2D eigenvalue weighted by atomic mass is 32.2. The van der Waals surface area contributed by atoms with Gasteiger partial charge in [-0.1, -0.05) is 25.5 Å². The van der Waals surface area contributed by atoms with Gasteiger partial charge in [-0.2, -0.15) is 11.8 Å². The number of nitrogens with zero attached hydrogens (tertiary/aromatic N) is 3. The van der Waals surface area contributed by atoms with Crippen LogP contribution in [0.2, 0.25) is 0 Å². The standard InChI is InChI=1S/C11H19N3O2S/c1-3-6-9-10(11(15)16)12-13-14(9)7-5-8-17-4-2/h3-8H2,1-2H3,(H,15,16). The zero-order valence-corrected chi connectivity index (χ0v) is 11.2. The van der Waals surface area contributed by atoms with Crippen LogP contribution in [0.3, 0.4) is 0 Å². The number of carboxylic acids is 1. The minimum absolute atomic E-state index is 0.106. The van der Waals surface area contributed by atoms with E-state index in [0.717, 1.165) is 43.0 Å². The zero-order chi connectivity index (χ0) is 12.7. The van der Waals surface area contributed by atoms with Crippen molar-refractivity contribution in [2.24, 2.45) is 0 Å². The molecule has 0 saturated carbocycles. The molecule has 0 fully saturated rings. The quantitative estimate of drug-likeness (QED) is 0.722. The Morgan fingerprint density at radius 2 is 2.24 bits per heavy atom. The molecule has 0 aliphatic carbocycles. The van der Waals surface area contributed by atoms with Gasteiger partial charge in [-0.3, -0.25) is 0 Å². The Balaban J connectivity index is 2.67. The molecule has 0 aromatic carbocycles. The summed E-state index contributed by atoms with van der Waals surface area (Å²) in [5, 5.41) is 16.7. The Labute approximate surface area is 106 Å². The third-order valence-corrected chi connectivity index (χ3v) is 3.38. The Hall–Kier alpha value is -1.04. The monoisotopic (exact) mass is 257 g/mol. The third kappa shape index (κ3) is 4.03. The lowest BCUT2D eigenvalue weighted by Crippen LogP contribution is -2.09. The lowest BCUT2D eigenvalue weighted by Gasteiger charge is -2.05. The molecule has 0 unspecified atom stereocenters. The summed E-state index contributed by atoms with van der Waals surface area (Å²) in [6.45, 7) is 4.91. The SMILES string of the molecule is CCCc1c(C(=O)O)nnn1CCCSCC. The number of aromatic carboxylic acids is 1. The molecule has 1 rings (SSSR count). The highest BCUT2D eigenvalue weighted by molar-refractivity contribution is 7.99. The minimum atomic E-state index is -0.984. The first-order valence-electron chi connectivity index (χ1n) is 5.94. The summed E-state index contributed by atoms with van der Waals surface area (Å²) < 4.78 is 1.74. The van der Waals surface area contributed by atoms with E-state index in [-0.39, 0.29) is 5.69 Å².